The molecule has 0 N–H and O–H groups in total. The Bertz CT molecular complexity index is 1150. The second kappa shape index (κ2) is 20.0. The molecule has 0 amide bonds. The summed E-state index contributed by atoms with van der Waals surface area (Å²) in [5.41, 5.74) is 0. The van der Waals surface area contributed by atoms with Gasteiger partial charge in [0.15, 0.2) is 0 Å². The fraction of sp³-hybridized carbons (Fsp3) is 0.152. The summed E-state index contributed by atoms with van der Waals surface area (Å²) in [4.78, 5) is 0. The van der Waals surface area contributed by atoms with E-state index in [1.807, 2.05) is 72.8 Å². The number of benzene rings is 4. The summed E-state index contributed by atoms with van der Waals surface area (Å²) in [6, 6.07) is 41.4. The van der Waals surface area contributed by atoms with Gasteiger partial charge in [-0.25, -0.2) is 18.6 Å². The number of halogens is 1. The number of rotatable bonds is 6. The maximum absolute atomic E-state index is 8.49. The van der Waals surface area contributed by atoms with Crippen LogP contribution in [0.5, 0.6) is 0 Å². The molecule has 0 heterocycles. The monoisotopic (exact) mass is 726 g/mol. The average Bonchev–Trinajstić information content (AvgIpc) is 3.67. The van der Waals surface area contributed by atoms with Gasteiger partial charge in [-0.15, -0.1) is 10.2 Å². The molecule has 6 rings (SSSR count). The second-order valence-electron chi connectivity index (χ2n) is 9.01. The van der Waals surface area contributed by atoms with Crippen molar-refractivity contribution in [2.24, 2.45) is 11.8 Å². The predicted octanol–water partition coefficient (Wildman–Crippen LogP) is 2.35. The van der Waals surface area contributed by atoms with Gasteiger partial charge in [0.2, 0.25) is 0 Å². The van der Waals surface area contributed by atoms with E-state index in [0.717, 1.165) is 11.8 Å². The van der Waals surface area contributed by atoms with Crippen LogP contribution < -0.4 is 39.9 Å². The van der Waals surface area contributed by atoms with Gasteiger partial charge in [0, 0.05) is 54.9 Å². The molecule has 0 aromatic heterocycles. The van der Waals surface area contributed by atoms with E-state index < -0.39 is 26.5 Å². The molecular weight excluding hydrogens is 693 g/mol. The zero-order valence-electron chi connectivity index (χ0n) is 23.8. The maximum atomic E-state index is 8.49. The Morgan fingerprint density at radius 1 is 0.488 bits per heavy atom. The summed E-state index contributed by atoms with van der Waals surface area (Å²) in [7, 11) is -2.70. The minimum absolute atomic E-state index is 0. The van der Waals surface area contributed by atoms with Gasteiger partial charge in [-0.05, 0) is 18.3 Å². The van der Waals surface area contributed by atoms with Crippen molar-refractivity contribution in [1.29, 1.82) is 0 Å². The average molecular weight is 727 g/mol. The Morgan fingerprint density at radius 2 is 0.698 bits per heavy atom. The number of fused-ring (bicyclic) bond motifs is 2. The Kier molecular flexibility index (Phi) is 17.3. The molecule has 0 saturated carbocycles. The van der Waals surface area contributed by atoms with Crippen LogP contribution in [-0.2, 0) is 28.5 Å². The van der Waals surface area contributed by atoms with Crippen LogP contribution in [0.3, 0.4) is 0 Å². The molecule has 2 bridgehead atoms. The molecule has 0 unspecified atom stereocenters. The van der Waals surface area contributed by atoms with Crippen molar-refractivity contribution in [3.8, 4) is 0 Å². The van der Waals surface area contributed by atoms with Gasteiger partial charge in [0.05, 0.1) is 16.3 Å². The van der Waals surface area contributed by atoms with Crippen molar-refractivity contribution in [2.75, 3.05) is 14.2 Å². The summed E-state index contributed by atoms with van der Waals surface area (Å²) >= 11 is 0. The van der Waals surface area contributed by atoms with Crippen LogP contribution in [-0.4, -0.2) is 14.2 Å². The van der Waals surface area contributed by atoms with E-state index in [0.29, 0.717) is 0 Å². The van der Waals surface area contributed by atoms with Crippen molar-refractivity contribution >= 4 is 37.5 Å². The summed E-state index contributed by atoms with van der Waals surface area (Å²) in [5, 5.41) is 5.00. The Hall–Kier alpha value is -2.11. The topological polar surface area (TPSA) is 111 Å². The molecule has 0 saturated heterocycles. The molecule has 229 valence electrons. The van der Waals surface area contributed by atoms with Crippen molar-refractivity contribution < 1.29 is 57.4 Å². The maximum Gasteiger partial charge on any atom is 0.0913 e. The molecule has 4 aromatic rings. The van der Waals surface area contributed by atoms with E-state index >= 15 is 0 Å². The molecule has 0 fully saturated rings. The Balaban J connectivity index is 0.000000216. The number of hydrogen-bond acceptors (Lipinski definition) is 6. The van der Waals surface area contributed by atoms with E-state index in [4.69, 9.17) is 27.7 Å². The van der Waals surface area contributed by atoms with E-state index in [2.05, 4.69) is 72.8 Å². The quantitative estimate of drug-likeness (QED) is 0.172. The van der Waals surface area contributed by atoms with Crippen molar-refractivity contribution in [2.45, 2.75) is 6.42 Å². The molecule has 43 heavy (non-hydrogen) atoms. The SMILES string of the molecule is C1=CC2C=CC1C2.COP(c1ccccc1)c1ccccc1.COP(c1ccccc1)c1ccccc1.[O-][Cl+3]([O-])([O-])[O-].[Rh]. The smallest absolute Gasteiger partial charge is 0.0913 e. The van der Waals surface area contributed by atoms with Gasteiger partial charge in [-0.2, -0.15) is 0 Å². The molecule has 6 nitrogen and oxygen atoms in total. The van der Waals surface area contributed by atoms with Crippen molar-refractivity contribution in [1.82, 2.24) is 0 Å². The number of hydrogen-bond donors (Lipinski definition) is 0. The van der Waals surface area contributed by atoms with Crippen LogP contribution in [0.4, 0.5) is 0 Å². The molecule has 0 atom stereocenters. The normalized spacial score (nSPS) is 15.8. The first-order valence-electron chi connectivity index (χ1n) is 13.2. The standard InChI is InChI=1S/2C13H13OP.C7H8.ClHO4.Rh/c2*1-14-15(12-8-4-2-5-9-12)13-10-6-3-7-11-13;1-2-7-4-3-6(1)5-7;2-1(3,4)5;/h2*2-11H,1H3;1-4,6-7H,5H2;(H,2,3,4,5);/p-1. The van der Waals surface area contributed by atoms with Gasteiger partial charge >= 0.3 is 0 Å². The summed E-state index contributed by atoms with van der Waals surface area (Å²) < 4.78 is 45.1. The zero-order valence-corrected chi connectivity index (χ0v) is 28.0. The van der Waals surface area contributed by atoms with Gasteiger partial charge in [-0.1, -0.05) is 146 Å². The van der Waals surface area contributed by atoms with E-state index in [9.17, 15) is 0 Å². The second-order valence-corrected chi connectivity index (χ2v) is 13.7. The molecule has 2 aliphatic carbocycles. The van der Waals surface area contributed by atoms with Crippen LogP contribution in [0.1, 0.15) is 6.42 Å². The molecule has 10 heteroatoms. The molecule has 2 aliphatic rings. The first-order chi connectivity index (χ1) is 20.3. The van der Waals surface area contributed by atoms with Crippen LogP contribution in [0.15, 0.2) is 146 Å². The third kappa shape index (κ3) is 14.0. The summed E-state index contributed by atoms with van der Waals surface area (Å²) in [6.07, 6.45) is 10.5. The Labute approximate surface area is 271 Å². The third-order valence-electron chi connectivity index (χ3n) is 6.08. The fourth-order valence-electron chi connectivity index (χ4n) is 4.30. The van der Waals surface area contributed by atoms with Crippen molar-refractivity contribution in [3.63, 3.8) is 0 Å². The predicted molar refractivity (Wildman–Crippen MR) is 162 cm³/mol. The largest absolute Gasteiger partial charge is 0.353 e. The minimum atomic E-state index is -4.94. The first kappa shape index (κ1) is 37.1. The van der Waals surface area contributed by atoms with E-state index in [-0.39, 0.29) is 19.5 Å². The van der Waals surface area contributed by atoms with E-state index in [1.54, 1.807) is 14.2 Å². The molecular formula is C33H34ClO6P2Rh-. The van der Waals surface area contributed by atoms with Gasteiger partial charge in [0.1, 0.15) is 0 Å². The van der Waals surface area contributed by atoms with Gasteiger partial charge in [-0.3, -0.25) is 0 Å². The number of allylic oxidation sites excluding steroid dienone is 4. The molecule has 0 spiro atoms. The zero-order chi connectivity index (χ0) is 30.2. The van der Waals surface area contributed by atoms with E-state index in [1.165, 1.54) is 27.6 Å². The molecule has 0 aliphatic heterocycles. The first-order valence-corrected chi connectivity index (χ1v) is 16.9. The molecule has 4 aromatic carbocycles. The minimum Gasteiger partial charge on any atom is -0.353 e. The van der Waals surface area contributed by atoms with Crippen molar-refractivity contribution in [3.05, 3.63) is 146 Å². The summed E-state index contributed by atoms with van der Waals surface area (Å²) in [5.74, 6) is 1.62. The summed E-state index contributed by atoms with van der Waals surface area (Å²) in [6.45, 7) is 0. The fourth-order valence-corrected chi connectivity index (χ4v) is 7.51. The van der Waals surface area contributed by atoms with Gasteiger partial charge < -0.3 is 9.05 Å². The molecule has 1 radical (unpaired) electrons. The van der Waals surface area contributed by atoms with Gasteiger partial charge in [0.25, 0.3) is 0 Å². The van der Waals surface area contributed by atoms with Crippen LogP contribution in [0.25, 0.3) is 0 Å². The Morgan fingerprint density at radius 3 is 0.837 bits per heavy atom. The van der Waals surface area contributed by atoms with Crippen LogP contribution in [0.2, 0.25) is 0 Å². The third-order valence-corrected chi connectivity index (χ3v) is 9.88. The van der Waals surface area contributed by atoms with Crippen LogP contribution in [0, 0.1) is 22.1 Å². The van der Waals surface area contributed by atoms with Crippen LogP contribution >= 0.6 is 16.3 Å².